The summed E-state index contributed by atoms with van der Waals surface area (Å²) in [5, 5.41) is 15.0. The zero-order valence-electron chi connectivity index (χ0n) is 15.5. The highest BCUT2D eigenvalue weighted by atomic mass is 79.9. The molecule has 29 heavy (non-hydrogen) atoms. The van der Waals surface area contributed by atoms with Crippen molar-refractivity contribution in [1.82, 2.24) is 20.3 Å². The average molecular weight is 454 g/mol. The Morgan fingerprint density at radius 3 is 2.62 bits per heavy atom. The summed E-state index contributed by atoms with van der Waals surface area (Å²) >= 11 is 3.44. The van der Waals surface area contributed by atoms with Gasteiger partial charge in [-0.2, -0.15) is 10.1 Å². The minimum Gasteiger partial charge on any atom is -0.496 e. The molecule has 146 valence electrons. The number of methoxy groups -OCH3 is 1. The maximum atomic E-state index is 5.35. The molecular weight excluding hydrogens is 438 g/mol. The Morgan fingerprint density at radius 2 is 1.86 bits per heavy atom. The molecule has 0 saturated carbocycles. The third-order valence-electron chi connectivity index (χ3n) is 3.96. The van der Waals surface area contributed by atoms with Crippen molar-refractivity contribution in [3.8, 4) is 5.75 Å². The lowest BCUT2D eigenvalue weighted by Crippen LogP contribution is -2.03. The van der Waals surface area contributed by atoms with Crippen molar-refractivity contribution >= 4 is 50.8 Å². The summed E-state index contributed by atoms with van der Waals surface area (Å²) < 4.78 is 11.0. The largest absolute Gasteiger partial charge is 0.496 e. The van der Waals surface area contributed by atoms with Crippen molar-refractivity contribution in [1.29, 1.82) is 0 Å². The van der Waals surface area contributed by atoms with Crippen LogP contribution >= 0.6 is 15.9 Å². The Labute approximate surface area is 174 Å². The lowest BCUT2D eigenvalue weighted by molar-refractivity contribution is 0.314. The molecule has 2 N–H and O–H groups in total. The van der Waals surface area contributed by atoms with Gasteiger partial charge >= 0.3 is 0 Å². The third kappa shape index (κ3) is 4.32. The van der Waals surface area contributed by atoms with Crippen molar-refractivity contribution in [2.75, 3.05) is 17.9 Å². The Bertz CT molecular complexity index is 1190. The van der Waals surface area contributed by atoms with Crippen LogP contribution in [0.3, 0.4) is 0 Å². The standard InChI is InChI=1S/C19H16BrN7O2/c1-11-4-3-5-14(8-11)22-16-17(24-19-18(23-16)26-29-27-19)25-21-10-12-9-13(20)6-7-15(12)28-2/h3-10H,1-2H3,(H,22,23,26)(H,24,25,27). The molecule has 2 heterocycles. The molecule has 2 aromatic carbocycles. The molecule has 0 aliphatic rings. The summed E-state index contributed by atoms with van der Waals surface area (Å²) in [6.07, 6.45) is 1.63. The zero-order valence-corrected chi connectivity index (χ0v) is 17.1. The Balaban J connectivity index is 1.64. The second-order valence-electron chi connectivity index (χ2n) is 6.08. The third-order valence-corrected chi connectivity index (χ3v) is 4.45. The predicted molar refractivity (Wildman–Crippen MR) is 114 cm³/mol. The molecule has 0 aliphatic heterocycles. The summed E-state index contributed by atoms with van der Waals surface area (Å²) in [6, 6.07) is 13.5. The van der Waals surface area contributed by atoms with Crippen LogP contribution in [0.15, 0.2) is 56.7 Å². The van der Waals surface area contributed by atoms with E-state index in [-0.39, 0.29) is 5.65 Å². The molecule has 9 nitrogen and oxygen atoms in total. The first-order chi connectivity index (χ1) is 14.1. The summed E-state index contributed by atoms with van der Waals surface area (Å²) in [6.45, 7) is 2.01. The SMILES string of the molecule is COc1ccc(Br)cc1C=NNc1nc2nonc2nc1Nc1cccc(C)c1. The number of hydrogen-bond acceptors (Lipinski definition) is 9. The van der Waals surface area contributed by atoms with Crippen LogP contribution in [0.2, 0.25) is 0 Å². The quantitative estimate of drug-likeness (QED) is 0.328. The fourth-order valence-corrected chi connectivity index (χ4v) is 3.01. The van der Waals surface area contributed by atoms with Crippen LogP contribution in [0.25, 0.3) is 11.3 Å². The highest BCUT2D eigenvalue weighted by Crippen LogP contribution is 2.25. The fraction of sp³-hybridized carbons (Fsp3) is 0.105. The number of halogens is 1. The number of fused-ring (bicyclic) bond motifs is 1. The first-order valence-electron chi connectivity index (χ1n) is 8.59. The molecule has 0 unspecified atom stereocenters. The normalized spacial score (nSPS) is 11.1. The molecule has 0 amide bonds. The van der Waals surface area contributed by atoms with Gasteiger partial charge in [0.25, 0.3) is 0 Å². The molecule has 0 atom stereocenters. The van der Waals surface area contributed by atoms with Crippen LogP contribution in [0, 0.1) is 6.92 Å². The Morgan fingerprint density at radius 1 is 1.07 bits per heavy atom. The van der Waals surface area contributed by atoms with Gasteiger partial charge in [0, 0.05) is 15.7 Å². The molecule has 2 aromatic heterocycles. The lowest BCUT2D eigenvalue weighted by atomic mass is 10.2. The number of rotatable bonds is 6. The van der Waals surface area contributed by atoms with Gasteiger partial charge in [0.2, 0.25) is 11.3 Å². The minimum atomic E-state index is 0.275. The number of aryl methyl sites for hydroxylation is 1. The number of aromatic nitrogens is 4. The van der Waals surface area contributed by atoms with Crippen molar-refractivity contribution in [2.45, 2.75) is 6.92 Å². The van der Waals surface area contributed by atoms with Gasteiger partial charge in [0.1, 0.15) is 5.75 Å². The van der Waals surface area contributed by atoms with E-state index in [0.717, 1.165) is 21.3 Å². The Kier molecular flexibility index (Phi) is 5.34. The number of nitrogens with zero attached hydrogens (tertiary/aromatic N) is 5. The molecule has 0 radical (unpaired) electrons. The summed E-state index contributed by atoms with van der Waals surface area (Å²) in [7, 11) is 1.61. The maximum Gasteiger partial charge on any atom is 0.245 e. The topological polar surface area (TPSA) is 110 Å². The van der Waals surface area contributed by atoms with Gasteiger partial charge < -0.3 is 10.1 Å². The van der Waals surface area contributed by atoms with Gasteiger partial charge in [0.05, 0.1) is 13.3 Å². The smallest absolute Gasteiger partial charge is 0.245 e. The van der Waals surface area contributed by atoms with Crippen LogP contribution in [0.1, 0.15) is 11.1 Å². The van der Waals surface area contributed by atoms with E-state index in [1.54, 1.807) is 13.3 Å². The molecule has 0 bridgehead atoms. The zero-order chi connectivity index (χ0) is 20.2. The molecule has 4 aromatic rings. The van der Waals surface area contributed by atoms with Crippen LogP contribution in [0.4, 0.5) is 17.3 Å². The molecule has 0 spiro atoms. The second kappa shape index (κ2) is 8.23. The van der Waals surface area contributed by atoms with Gasteiger partial charge in [-0.3, -0.25) is 5.43 Å². The van der Waals surface area contributed by atoms with Crippen molar-refractivity contribution < 1.29 is 9.37 Å². The van der Waals surface area contributed by atoms with Gasteiger partial charge in [-0.1, -0.05) is 28.1 Å². The molecule has 0 aliphatic carbocycles. The van der Waals surface area contributed by atoms with E-state index in [1.165, 1.54) is 0 Å². The van der Waals surface area contributed by atoms with E-state index < -0.39 is 0 Å². The van der Waals surface area contributed by atoms with E-state index in [9.17, 15) is 0 Å². The molecule has 4 rings (SSSR count). The Hall–Kier alpha value is -3.53. The highest BCUT2D eigenvalue weighted by molar-refractivity contribution is 9.10. The predicted octanol–water partition coefficient (Wildman–Crippen LogP) is 4.28. The van der Waals surface area contributed by atoms with Crippen LogP contribution in [-0.4, -0.2) is 33.6 Å². The van der Waals surface area contributed by atoms with E-state index in [2.05, 4.69) is 52.1 Å². The molecule has 0 fully saturated rings. The van der Waals surface area contributed by atoms with Gasteiger partial charge in [-0.05, 0) is 53.1 Å². The van der Waals surface area contributed by atoms with Gasteiger partial charge in [0.15, 0.2) is 11.6 Å². The number of ether oxygens (including phenoxy) is 1. The number of nitrogens with one attached hydrogen (secondary N) is 2. The highest BCUT2D eigenvalue weighted by Gasteiger charge is 2.13. The van der Waals surface area contributed by atoms with Crippen LogP contribution < -0.4 is 15.5 Å². The van der Waals surface area contributed by atoms with E-state index in [0.29, 0.717) is 23.0 Å². The molecule has 10 heteroatoms. The minimum absolute atomic E-state index is 0.275. The number of hydrogen-bond donors (Lipinski definition) is 2. The van der Waals surface area contributed by atoms with Crippen LogP contribution in [-0.2, 0) is 0 Å². The maximum absolute atomic E-state index is 5.35. The van der Waals surface area contributed by atoms with Crippen molar-refractivity contribution in [3.63, 3.8) is 0 Å². The number of hydrazone groups is 1. The first kappa shape index (κ1) is 18.8. The van der Waals surface area contributed by atoms with Gasteiger partial charge in [-0.15, -0.1) is 0 Å². The average Bonchev–Trinajstić information content (AvgIpc) is 3.15. The molecule has 0 saturated heterocycles. The van der Waals surface area contributed by atoms with Crippen molar-refractivity contribution in [3.05, 3.63) is 58.1 Å². The monoisotopic (exact) mass is 453 g/mol. The van der Waals surface area contributed by atoms with Crippen molar-refractivity contribution in [2.24, 2.45) is 5.10 Å². The van der Waals surface area contributed by atoms with Crippen LogP contribution in [0.5, 0.6) is 5.75 Å². The molecular formula is C19H16BrN7O2. The summed E-state index contributed by atoms with van der Waals surface area (Å²) in [5.41, 5.74) is 6.23. The lowest BCUT2D eigenvalue weighted by Gasteiger charge is -2.10. The van der Waals surface area contributed by atoms with E-state index in [1.807, 2.05) is 49.4 Å². The van der Waals surface area contributed by atoms with E-state index in [4.69, 9.17) is 9.37 Å². The van der Waals surface area contributed by atoms with Gasteiger partial charge in [-0.25, -0.2) is 9.61 Å². The van der Waals surface area contributed by atoms with E-state index >= 15 is 0 Å². The number of anilines is 3. The summed E-state index contributed by atoms with van der Waals surface area (Å²) in [5.74, 6) is 1.51. The second-order valence-corrected chi connectivity index (χ2v) is 7.00. The first-order valence-corrected chi connectivity index (χ1v) is 9.38. The summed E-state index contributed by atoms with van der Waals surface area (Å²) in [4.78, 5) is 8.81. The fourth-order valence-electron chi connectivity index (χ4n) is 2.63. The number of benzene rings is 2.